The lowest BCUT2D eigenvalue weighted by atomic mass is 9.87. The third-order valence-electron chi connectivity index (χ3n) is 4.87. The van der Waals surface area contributed by atoms with E-state index in [4.69, 9.17) is 9.84 Å². The first-order chi connectivity index (χ1) is 11.4. The third-order valence-corrected chi connectivity index (χ3v) is 4.87. The van der Waals surface area contributed by atoms with E-state index in [0.29, 0.717) is 6.10 Å². The number of epoxide rings is 1. The van der Waals surface area contributed by atoms with Crippen LogP contribution in [0.3, 0.4) is 0 Å². The standard InChI is InChI=1S/C20H36O4/c1-4-5-8-11-16(21)13-14-18-17(24-18)12-9-6-7-10-15-20(2,3)19(22)23/h13-14,16-18,21H,4-12,15H2,1-3H3,(H,22,23)/b14-13+. The highest BCUT2D eigenvalue weighted by Crippen LogP contribution is 2.29. The fraction of sp³-hybridized carbons (Fsp3) is 0.850. The van der Waals surface area contributed by atoms with Gasteiger partial charge in [0.2, 0.25) is 0 Å². The van der Waals surface area contributed by atoms with Gasteiger partial charge in [0.25, 0.3) is 0 Å². The molecule has 1 aliphatic heterocycles. The van der Waals surface area contributed by atoms with Gasteiger partial charge < -0.3 is 14.9 Å². The summed E-state index contributed by atoms with van der Waals surface area (Å²) in [5.41, 5.74) is -0.604. The van der Waals surface area contributed by atoms with E-state index in [1.165, 1.54) is 12.8 Å². The van der Waals surface area contributed by atoms with E-state index in [9.17, 15) is 9.90 Å². The Morgan fingerprint density at radius 2 is 1.88 bits per heavy atom. The van der Waals surface area contributed by atoms with Crippen LogP contribution in [0.5, 0.6) is 0 Å². The minimum Gasteiger partial charge on any atom is -0.481 e. The van der Waals surface area contributed by atoms with Crippen molar-refractivity contribution in [1.29, 1.82) is 0 Å². The molecular formula is C20H36O4. The highest BCUT2D eigenvalue weighted by molar-refractivity contribution is 5.73. The zero-order valence-electron chi connectivity index (χ0n) is 15.7. The van der Waals surface area contributed by atoms with Crippen molar-refractivity contribution >= 4 is 5.97 Å². The zero-order chi connectivity index (χ0) is 18.0. The molecule has 1 rings (SSSR count). The van der Waals surface area contributed by atoms with Gasteiger partial charge >= 0.3 is 5.97 Å². The van der Waals surface area contributed by atoms with Gasteiger partial charge in [0.1, 0.15) is 6.10 Å². The summed E-state index contributed by atoms with van der Waals surface area (Å²) in [6, 6.07) is 0. The second-order valence-electron chi connectivity index (χ2n) is 7.73. The highest BCUT2D eigenvalue weighted by atomic mass is 16.6. The number of carbonyl (C=O) groups is 1. The molecule has 0 bridgehead atoms. The average molecular weight is 341 g/mol. The molecule has 0 aromatic rings. The molecule has 3 unspecified atom stereocenters. The quantitative estimate of drug-likeness (QED) is 0.273. The Labute approximate surface area is 147 Å². The van der Waals surface area contributed by atoms with Crippen molar-refractivity contribution in [2.75, 3.05) is 0 Å². The van der Waals surface area contributed by atoms with Crippen LogP contribution in [0.2, 0.25) is 0 Å². The van der Waals surface area contributed by atoms with Crippen LogP contribution in [0, 0.1) is 5.41 Å². The minimum absolute atomic E-state index is 0.191. The first-order valence-electron chi connectivity index (χ1n) is 9.62. The van der Waals surface area contributed by atoms with Crippen LogP contribution in [0.4, 0.5) is 0 Å². The van der Waals surface area contributed by atoms with Gasteiger partial charge in [-0.1, -0.05) is 64.0 Å². The molecule has 4 nitrogen and oxygen atoms in total. The van der Waals surface area contributed by atoms with Gasteiger partial charge in [-0.25, -0.2) is 0 Å². The van der Waals surface area contributed by atoms with Crippen LogP contribution in [0.1, 0.15) is 85.0 Å². The van der Waals surface area contributed by atoms with Crippen molar-refractivity contribution in [3.05, 3.63) is 12.2 Å². The van der Waals surface area contributed by atoms with Gasteiger partial charge in [0.15, 0.2) is 0 Å². The molecule has 2 N–H and O–H groups in total. The Kier molecular flexibility index (Phi) is 9.60. The lowest BCUT2D eigenvalue weighted by molar-refractivity contribution is -0.147. The van der Waals surface area contributed by atoms with Crippen LogP contribution in [0.15, 0.2) is 12.2 Å². The van der Waals surface area contributed by atoms with E-state index < -0.39 is 11.4 Å². The fourth-order valence-corrected chi connectivity index (χ4v) is 2.87. The summed E-state index contributed by atoms with van der Waals surface area (Å²) in [5, 5.41) is 18.9. The molecule has 0 saturated carbocycles. The summed E-state index contributed by atoms with van der Waals surface area (Å²) in [6.45, 7) is 5.75. The molecule has 0 aromatic heterocycles. The molecule has 1 aliphatic rings. The van der Waals surface area contributed by atoms with Crippen molar-refractivity contribution in [2.24, 2.45) is 5.41 Å². The van der Waals surface area contributed by atoms with E-state index in [2.05, 4.69) is 6.92 Å². The Morgan fingerprint density at radius 1 is 1.17 bits per heavy atom. The number of rotatable bonds is 14. The van der Waals surface area contributed by atoms with E-state index in [0.717, 1.165) is 51.4 Å². The number of carboxylic acids is 1. The maximum atomic E-state index is 11.0. The Bertz CT molecular complexity index is 389. The maximum Gasteiger partial charge on any atom is 0.309 e. The van der Waals surface area contributed by atoms with Gasteiger partial charge in [0, 0.05) is 0 Å². The van der Waals surface area contributed by atoms with Crippen molar-refractivity contribution in [3.8, 4) is 0 Å². The maximum absolute atomic E-state index is 11.0. The molecule has 3 atom stereocenters. The fourth-order valence-electron chi connectivity index (χ4n) is 2.87. The normalized spacial score (nSPS) is 22.0. The molecule has 1 fully saturated rings. The molecule has 0 spiro atoms. The lowest BCUT2D eigenvalue weighted by Gasteiger charge is -2.18. The van der Waals surface area contributed by atoms with Gasteiger partial charge in [-0.05, 0) is 33.1 Å². The highest BCUT2D eigenvalue weighted by Gasteiger charge is 2.35. The number of aliphatic hydroxyl groups is 1. The Balaban J connectivity index is 2.00. The van der Waals surface area contributed by atoms with Gasteiger partial charge in [-0.15, -0.1) is 0 Å². The van der Waals surface area contributed by atoms with Gasteiger partial charge in [-0.2, -0.15) is 0 Å². The molecule has 0 aliphatic carbocycles. The minimum atomic E-state index is -0.708. The zero-order valence-corrected chi connectivity index (χ0v) is 15.7. The molecule has 1 saturated heterocycles. The summed E-state index contributed by atoms with van der Waals surface area (Å²) >= 11 is 0. The SMILES string of the molecule is CCCCCC(O)/C=C/C1OC1CCCCCCC(C)(C)C(=O)O. The van der Waals surface area contributed by atoms with Crippen LogP contribution >= 0.6 is 0 Å². The molecule has 0 amide bonds. The van der Waals surface area contributed by atoms with Crippen LogP contribution in [-0.4, -0.2) is 34.5 Å². The summed E-state index contributed by atoms with van der Waals surface area (Å²) in [7, 11) is 0. The summed E-state index contributed by atoms with van der Waals surface area (Å²) in [4.78, 5) is 11.0. The Morgan fingerprint density at radius 3 is 2.54 bits per heavy atom. The average Bonchev–Trinajstić information content (AvgIpc) is 3.27. The molecule has 1 heterocycles. The predicted molar refractivity (Wildman–Crippen MR) is 97.1 cm³/mol. The number of aliphatic carboxylic acids is 1. The Hall–Kier alpha value is -0.870. The second kappa shape index (κ2) is 10.9. The van der Waals surface area contributed by atoms with Crippen LogP contribution < -0.4 is 0 Å². The van der Waals surface area contributed by atoms with Crippen molar-refractivity contribution < 1.29 is 19.7 Å². The number of carboxylic acid groups (broad SMARTS) is 1. The first kappa shape index (κ1) is 21.2. The summed E-state index contributed by atoms with van der Waals surface area (Å²) in [5.74, 6) is -0.708. The van der Waals surface area contributed by atoms with E-state index in [1.54, 1.807) is 13.8 Å². The molecule has 0 aromatic carbocycles. The number of ether oxygens (including phenoxy) is 1. The smallest absolute Gasteiger partial charge is 0.309 e. The molecule has 0 radical (unpaired) electrons. The van der Waals surface area contributed by atoms with Crippen molar-refractivity contribution in [2.45, 2.75) is 103 Å². The molecular weight excluding hydrogens is 304 g/mol. The molecule has 4 heteroatoms. The number of hydrogen-bond acceptors (Lipinski definition) is 3. The largest absolute Gasteiger partial charge is 0.481 e. The van der Waals surface area contributed by atoms with Gasteiger partial charge in [-0.3, -0.25) is 4.79 Å². The van der Waals surface area contributed by atoms with Crippen LogP contribution in [-0.2, 0) is 9.53 Å². The topological polar surface area (TPSA) is 70.1 Å². The monoisotopic (exact) mass is 340 g/mol. The summed E-state index contributed by atoms with van der Waals surface area (Å²) < 4.78 is 5.61. The molecule has 140 valence electrons. The second-order valence-corrected chi connectivity index (χ2v) is 7.73. The predicted octanol–water partition coefficient (Wildman–Crippen LogP) is 4.70. The van der Waals surface area contributed by atoms with E-state index in [1.807, 2.05) is 12.2 Å². The van der Waals surface area contributed by atoms with E-state index >= 15 is 0 Å². The third kappa shape index (κ3) is 8.84. The number of unbranched alkanes of at least 4 members (excludes halogenated alkanes) is 5. The molecule has 24 heavy (non-hydrogen) atoms. The van der Waals surface area contributed by atoms with Crippen molar-refractivity contribution in [1.82, 2.24) is 0 Å². The van der Waals surface area contributed by atoms with Crippen LogP contribution in [0.25, 0.3) is 0 Å². The first-order valence-corrected chi connectivity index (χ1v) is 9.62. The summed E-state index contributed by atoms with van der Waals surface area (Å²) in [6.07, 6.45) is 14.5. The lowest BCUT2D eigenvalue weighted by Crippen LogP contribution is -2.23. The van der Waals surface area contributed by atoms with E-state index in [-0.39, 0.29) is 12.2 Å². The van der Waals surface area contributed by atoms with Crippen molar-refractivity contribution in [3.63, 3.8) is 0 Å². The number of aliphatic hydroxyl groups excluding tert-OH is 1. The van der Waals surface area contributed by atoms with Gasteiger partial charge in [0.05, 0.1) is 17.6 Å². The number of hydrogen-bond donors (Lipinski definition) is 2.